The number of hydrogen-bond acceptors (Lipinski definition) is 8. The van der Waals surface area contributed by atoms with E-state index in [1.54, 1.807) is 12.4 Å². The number of aromatic hydroxyl groups is 2. The molecule has 0 atom stereocenters. The van der Waals surface area contributed by atoms with Crippen molar-refractivity contribution in [2.45, 2.75) is 123 Å². The molecule has 2 N–H and O–H groups in total. The summed E-state index contributed by atoms with van der Waals surface area (Å²) in [6, 6.07) is 20.7. The molecule has 0 aliphatic carbocycles. The minimum Gasteiger partial charge on any atom is -0.550 e. The summed E-state index contributed by atoms with van der Waals surface area (Å²) in [4.78, 5) is 27.7. The van der Waals surface area contributed by atoms with Gasteiger partial charge in [-0.2, -0.15) is 0 Å². The number of carbonyl (C=O) groups is 2. The van der Waals surface area contributed by atoms with Crippen molar-refractivity contribution in [3.63, 3.8) is 0 Å². The molecule has 1 radical (unpaired) electrons. The van der Waals surface area contributed by atoms with E-state index < -0.39 is 11.9 Å². The Morgan fingerprint density at radius 3 is 1.09 bits per heavy atom. The number of benzene rings is 4. The molecular weight excluding hydrogens is 759 g/mol. The van der Waals surface area contributed by atoms with E-state index in [9.17, 15) is 10.2 Å². The minimum absolute atomic E-state index is 0. The Hall–Kier alpha value is -4.47. The van der Waals surface area contributed by atoms with Crippen LogP contribution in [0.5, 0.6) is 11.5 Å². The minimum atomic E-state index is -1.08. The molecule has 0 saturated heterocycles. The summed E-state index contributed by atoms with van der Waals surface area (Å²) in [5.74, 6) is -1.60. The van der Waals surface area contributed by atoms with Gasteiger partial charge in [0.05, 0.1) is 11.4 Å². The van der Waals surface area contributed by atoms with Gasteiger partial charge in [0.25, 0.3) is 0 Å². The van der Waals surface area contributed by atoms with E-state index in [-0.39, 0.29) is 49.9 Å². The van der Waals surface area contributed by atoms with Crippen molar-refractivity contribution < 1.29 is 46.8 Å². The molecule has 4 aromatic carbocycles. The Bertz CT molecular complexity index is 1880. The maximum absolute atomic E-state index is 11.4. The zero-order chi connectivity index (χ0) is 42.8. The van der Waals surface area contributed by atoms with Crippen LogP contribution in [-0.4, -0.2) is 34.6 Å². The Labute approximate surface area is 351 Å². The Balaban J connectivity index is 0.00000165. The first-order valence-corrected chi connectivity index (χ1v) is 19.2. The summed E-state index contributed by atoms with van der Waals surface area (Å²) in [6.45, 7) is 28.5. The molecule has 4 aromatic rings. The van der Waals surface area contributed by atoms with Crippen molar-refractivity contribution in [2.24, 2.45) is 31.6 Å². The van der Waals surface area contributed by atoms with E-state index in [1.807, 2.05) is 24.3 Å². The first kappa shape index (κ1) is 50.5. The second kappa shape index (κ2) is 20.8. The number of aliphatic carboxylic acids is 2. The number of carbonyl (C=O) groups excluding carboxylic acids is 2. The van der Waals surface area contributed by atoms with Crippen LogP contribution in [0.15, 0.2) is 70.6 Å². The third-order valence-corrected chi connectivity index (χ3v) is 8.00. The molecule has 0 aliphatic heterocycles. The Morgan fingerprint density at radius 1 is 0.544 bits per heavy atom. The average molecular weight is 824 g/mol. The number of phenolic OH excluding ortho intramolecular Hbond substituents is 2. The van der Waals surface area contributed by atoms with Crippen LogP contribution in [0, 0.1) is 21.7 Å². The molecule has 4 rings (SSSR count). The molecular formula is C48H64CoN2O6. The van der Waals surface area contributed by atoms with Gasteiger partial charge in [-0.25, -0.2) is 0 Å². The fourth-order valence-corrected chi connectivity index (χ4v) is 6.31. The number of nitrogens with zero attached hydrogens (tertiary/aromatic N) is 2. The van der Waals surface area contributed by atoms with Crippen LogP contribution in [0.4, 0.5) is 11.4 Å². The SMILES string of the molecule is CC(=O)[O-].CC(=O)[O-].CC(C)(C)Cc1cc(C=Nc2cc3ccccc3cc2N=Cc2cc(CC(C)(C)C)cc(CC(C)(C)C)c2O)c(O)c(CC(C)(C)C)c1.[Co+2]. The van der Waals surface area contributed by atoms with E-state index in [1.165, 1.54) is 11.1 Å². The fraction of sp³-hybridized carbons (Fsp3) is 0.458. The molecule has 0 fully saturated rings. The maximum Gasteiger partial charge on any atom is 2.00 e. The number of phenols is 2. The Kier molecular flexibility index (Phi) is 18.4. The second-order valence-corrected chi connectivity index (χ2v) is 19.5. The zero-order valence-electron chi connectivity index (χ0n) is 36.5. The number of carboxylic acids is 2. The van der Waals surface area contributed by atoms with E-state index in [4.69, 9.17) is 29.8 Å². The second-order valence-electron chi connectivity index (χ2n) is 19.5. The van der Waals surface area contributed by atoms with Gasteiger partial charge < -0.3 is 30.0 Å². The largest absolute Gasteiger partial charge is 2.00 e. The van der Waals surface area contributed by atoms with Crippen LogP contribution in [0.1, 0.15) is 130 Å². The smallest absolute Gasteiger partial charge is 0.550 e. The van der Waals surface area contributed by atoms with Crippen molar-refractivity contribution in [3.05, 3.63) is 94.0 Å². The number of hydrogen-bond donors (Lipinski definition) is 2. The summed E-state index contributed by atoms with van der Waals surface area (Å²) >= 11 is 0. The summed E-state index contributed by atoms with van der Waals surface area (Å²) < 4.78 is 0. The normalized spacial score (nSPS) is 12.1. The maximum atomic E-state index is 11.4. The first-order chi connectivity index (χ1) is 25.5. The predicted molar refractivity (Wildman–Crippen MR) is 229 cm³/mol. The van der Waals surface area contributed by atoms with Crippen LogP contribution < -0.4 is 10.2 Å². The molecule has 57 heavy (non-hydrogen) atoms. The van der Waals surface area contributed by atoms with E-state index in [2.05, 4.69) is 119 Å². The predicted octanol–water partition coefficient (Wildman–Crippen LogP) is 9.62. The summed E-state index contributed by atoms with van der Waals surface area (Å²) in [7, 11) is 0. The summed E-state index contributed by atoms with van der Waals surface area (Å²) in [5.41, 5.74) is 7.33. The van der Waals surface area contributed by atoms with Crippen molar-refractivity contribution in [2.75, 3.05) is 0 Å². The molecule has 0 bridgehead atoms. The quantitative estimate of drug-likeness (QED) is 0.169. The standard InChI is InChI=1S/C44H58N2O2.2C2H4O2.Co/c1-41(2,3)23-29-17-33(25-43(7,8)9)39(47)35(19-29)27-45-37-21-31-15-13-14-16-32(31)22-38(37)46-28-36-20-30(24-42(4,5)6)18-34(40(36)48)26-44(10,11)12;2*1-2(3)4;/h13-22,27-28,47-48H,23-26H2,1-12H3;2*1H3,(H,3,4);/q;;;+2/p-2. The number of rotatable bonds is 8. The van der Waals surface area contributed by atoms with Gasteiger partial charge >= 0.3 is 16.8 Å². The first-order valence-electron chi connectivity index (χ1n) is 19.2. The monoisotopic (exact) mass is 823 g/mol. The van der Waals surface area contributed by atoms with Crippen LogP contribution in [0.2, 0.25) is 0 Å². The van der Waals surface area contributed by atoms with Crippen molar-refractivity contribution in [1.29, 1.82) is 0 Å². The summed E-state index contributed by atoms with van der Waals surface area (Å²) in [5, 5.41) is 42.8. The van der Waals surface area contributed by atoms with E-state index >= 15 is 0 Å². The molecule has 0 aromatic heterocycles. The third-order valence-electron chi connectivity index (χ3n) is 8.00. The molecule has 9 heteroatoms. The van der Waals surface area contributed by atoms with Crippen molar-refractivity contribution in [3.8, 4) is 11.5 Å². The molecule has 311 valence electrons. The van der Waals surface area contributed by atoms with Crippen LogP contribution in [0.25, 0.3) is 10.8 Å². The average Bonchev–Trinajstić information content (AvgIpc) is 2.99. The Morgan fingerprint density at radius 2 is 0.825 bits per heavy atom. The topological polar surface area (TPSA) is 145 Å². The van der Waals surface area contributed by atoms with Gasteiger partial charge in [0.2, 0.25) is 0 Å². The van der Waals surface area contributed by atoms with Crippen LogP contribution >= 0.6 is 0 Å². The van der Waals surface area contributed by atoms with Gasteiger partial charge in [-0.15, -0.1) is 0 Å². The van der Waals surface area contributed by atoms with Gasteiger partial charge in [0, 0.05) is 35.5 Å². The fourth-order valence-electron chi connectivity index (χ4n) is 6.31. The van der Waals surface area contributed by atoms with Crippen LogP contribution in [-0.2, 0) is 52.1 Å². The number of carboxylic acid groups (broad SMARTS) is 2. The molecule has 0 heterocycles. The summed E-state index contributed by atoms with van der Waals surface area (Å²) in [6.07, 6.45) is 6.87. The van der Waals surface area contributed by atoms with Gasteiger partial charge in [-0.3, -0.25) is 9.98 Å². The van der Waals surface area contributed by atoms with Gasteiger partial charge in [0.15, 0.2) is 0 Å². The number of fused-ring (bicyclic) bond motifs is 1. The van der Waals surface area contributed by atoms with Crippen molar-refractivity contribution in [1.82, 2.24) is 0 Å². The third kappa shape index (κ3) is 19.5. The van der Waals surface area contributed by atoms with Gasteiger partial charge in [0.1, 0.15) is 11.5 Å². The molecule has 0 spiro atoms. The van der Waals surface area contributed by atoms with Gasteiger partial charge in [-0.05, 0) is 118 Å². The number of aliphatic imine (C=N–C) groups is 2. The molecule has 0 aliphatic rings. The molecule has 0 amide bonds. The van der Waals surface area contributed by atoms with Crippen molar-refractivity contribution >= 4 is 46.5 Å². The molecule has 0 unspecified atom stereocenters. The molecule has 0 saturated carbocycles. The molecule has 8 nitrogen and oxygen atoms in total. The van der Waals surface area contributed by atoms with E-state index in [0.29, 0.717) is 22.5 Å². The van der Waals surface area contributed by atoms with Gasteiger partial charge in [-0.1, -0.05) is 119 Å². The zero-order valence-corrected chi connectivity index (χ0v) is 37.6. The van der Waals surface area contributed by atoms with Crippen LogP contribution in [0.3, 0.4) is 0 Å². The van der Waals surface area contributed by atoms with E-state index in [0.717, 1.165) is 61.4 Å².